The number of anilines is 3. The molecule has 0 saturated carbocycles. The van der Waals surface area contributed by atoms with Gasteiger partial charge in [0, 0.05) is 5.69 Å². The smallest absolute Gasteiger partial charge is 0.238 e. The molecule has 1 aromatic carbocycles. The summed E-state index contributed by atoms with van der Waals surface area (Å²) in [5, 5.41) is 3.25. The SMILES string of the molecule is COc1nc(Nc2cccc(C(C)C)c2)ccc1N. The fraction of sp³-hybridized carbons (Fsp3) is 0.267. The van der Waals surface area contributed by atoms with Crippen molar-refractivity contribution in [2.75, 3.05) is 18.2 Å². The molecule has 2 aromatic rings. The molecule has 3 N–H and O–H groups in total. The maximum atomic E-state index is 5.74. The molecule has 0 fully saturated rings. The molecule has 19 heavy (non-hydrogen) atoms. The maximum absolute atomic E-state index is 5.74. The third kappa shape index (κ3) is 3.16. The summed E-state index contributed by atoms with van der Waals surface area (Å²) >= 11 is 0. The minimum absolute atomic E-state index is 0.435. The van der Waals surface area contributed by atoms with Gasteiger partial charge < -0.3 is 15.8 Å². The zero-order chi connectivity index (χ0) is 13.8. The first-order valence-electron chi connectivity index (χ1n) is 6.27. The fourth-order valence-electron chi connectivity index (χ4n) is 1.81. The molecule has 0 atom stereocenters. The fourth-order valence-corrected chi connectivity index (χ4v) is 1.81. The summed E-state index contributed by atoms with van der Waals surface area (Å²) in [6.07, 6.45) is 0. The monoisotopic (exact) mass is 257 g/mol. The van der Waals surface area contributed by atoms with Crippen LogP contribution in [0.2, 0.25) is 0 Å². The van der Waals surface area contributed by atoms with Crippen LogP contribution in [0, 0.1) is 0 Å². The van der Waals surface area contributed by atoms with Gasteiger partial charge in [0.1, 0.15) is 5.82 Å². The molecule has 0 unspecified atom stereocenters. The second-order valence-corrected chi connectivity index (χ2v) is 4.70. The minimum Gasteiger partial charge on any atom is -0.479 e. The van der Waals surface area contributed by atoms with Gasteiger partial charge in [-0.25, -0.2) is 0 Å². The van der Waals surface area contributed by atoms with Crippen molar-refractivity contribution in [3.63, 3.8) is 0 Å². The number of hydrogen-bond acceptors (Lipinski definition) is 4. The van der Waals surface area contributed by atoms with Gasteiger partial charge in [-0.2, -0.15) is 4.98 Å². The number of rotatable bonds is 4. The van der Waals surface area contributed by atoms with E-state index in [1.807, 2.05) is 18.2 Å². The molecule has 4 heteroatoms. The number of nitrogen functional groups attached to an aromatic ring is 1. The zero-order valence-electron chi connectivity index (χ0n) is 11.5. The molecule has 1 aromatic heterocycles. The Morgan fingerprint density at radius 3 is 2.68 bits per heavy atom. The van der Waals surface area contributed by atoms with E-state index in [0.29, 0.717) is 23.3 Å². The standard InChI is InChI=1S/C15H19N3O/c1-10(2)11-5-4-6-12(9-11)17-14-8-7-13(16)15(18-14)19-3/h4-10H,16H2,1-3H3,(H,17,18). The Kier molecular flexibility index (Phi) is 3.90. The third-order valence-electron chi connectivity index (χ3n) is 2.91. The van der Waals surface area contributed by atoms with E-state index in [1.165, 1.54) is 5.56 Å². The number of aromatic nitrogens is 1. The van der Waals surface area contributed by atoms with Gasteiger partial charge in [-0.15, -0.1) is 0 Å². The van der Waals surface area contributed by atoms with Crippen LogP contribution in [0.3, 0.4) is 0 Å². The molecule has 0 radical (unpaired) electrons. The molecule has 0 aliphatic carbocycles. The quantitative estimate of drug-likeness (QED) is 0.879. The summed E-state index contributed by atoms with van der Waals surface area (Å²) in [5.41, 5.74) is 8.56. The first-order chi connectivity index (χ1) is 9.10. The zero-order valence-corrected chi connectivity index (χ0v) is 11.5. The Bertz CT molecular complexity index is 567. The summed E-state index contributed by atoms with van der Waals surface area (Å²) in [7, 11) is 1.56. The largest absolute Gasteiger partial charge is 0.479 e. The predicted molar refractivity (Wildman–Crippen MR) is 79.0 cm³/mol. The van der Waals surface area contributed by atoms with E-state index in [1.54, 1.807) is 13.2 Å². The lowest BCUT2D eigenvalue weighted by Crippen LogP contribution is -1.99. The van der Waals surface area contributed by atoms with Gasteiger partial charge in [-0.3, -0.25) is 0 Å². The highest BCUT2D eigenvalue weighted by Gasteiger charge is 2.04. The van der Waals surface area contributed by atoms with E-state index >= 15 is 0 Å². The lowest BCUT2D eigenvalue weighted by atomic mass is 10.0. The summed E-state index contributed by atoms with van der Waals surface area (Å²) in [4.78, 5) is 4.30. The maximum Gasteiger partial charge on any atom is 0.238 e. The van der Waals surface area contributed by atoms with Crippen LogP contribution >= 0.6 is 0 Å². The van der Waals surface area contributed by atoms with Crippen molar-refractivity contribution in [2.24, 2.45) is 0 Å². The lowest BCUT2D eigenvalue weighted by molar-refractivity contribution is 0.401. The molecule has 2 rings (SSSR count). The van der Waals surface area contributed by atoms with Crippen molar-refractivity contribution in [3.05, 3.63) is 42.0 Å². The first kappa shape index (κ1) is 13.2. The molecule has 0 spiro atoms. The van der Waals surface area contributed by atoms with Crippen molar-refractivity contribution in [2.45, 2.75) is 19.8 Å². The topological polar surface area (TPSA) is 60.2 Å². The number of ether oxygens (including phenoxy) is 1. The second kappa shape index (κ2) is 5.61. The van der Waals surface area contributed by atoms with Crippen LogP contribution < -0.4 is 15.8 Å². The van der Waals surface area contributed by atoms with Crippen LogP contribution in [0.1, 0.15) is 25.3 Å². The van der Waals surface area contributed by atoms with E-state index in [0.717, 1.165) is 5.69 Å². The number of nitrogens with zero attached hydrogens (tertiary/aromatic N) is 1. The summed E-state index contributed by atoms with van der Waals surface area (Å²) in [6, 6.07) is 11.9. The lowest BCUT2D eigenvalue weighted by Gasteiger charge is -2.11. The molecule has 0 aliphatic rings. The average molecular weight is 257 g/mol. The van der Waals surface area contributed by atoms with Crippen molar-refractivity contribution in [1.29, 1.82) is 0 Å². The van der Waals surface area contributed by atoms with Crippen LogP contribution in [0.25, 0.3) is 0 Å². The highest BCUT2D eigenvalue weighted by Crippen LogP contribution is 2.24. The van der Waals surface area contributed by atoms with Crippen LogP contribution in [0.15, 0.2) is 36.4 Å². The van der Waals surface area contributed by atoms with Gasteiger partial charge in [0.05, 0.1) is 12.8 Å². The predicted octanol–water partition coefficient (Wildman–Crippen LogP) is 3.54. The molecule has 0 bridgehead atoms. The number of nitrogens with one attached hydrogen (secondary N) is 1. The van der Waals surface area contributed by atoms with Gasteiger partial charge >= 0.3 is 0 Å². The molecule has 0 amide bonds. The molecule has 100 valence electrons. The molecular formula is C15H19N3O. The number of hydrogen-bond donors (Lipinski definition) is 2. The Morgan fingerprint density at radius 2 is 2.00 bits per heavy atom. The van der Waals surface area contributed by atoms with Gasteiger partial charge in [-0.05, 0) is 35.7 Å². The minimum atomic E-state index is 0.435. The van der Waals surface area contributed by atoms with Gasteiger partial charge in [0.15, 0.2) is 0 Å². The van der Waals surface area contributed by atoms with E-state index in [4.69, 9.17) is 10.5 Å². The summed E-state index contributed by atoms with van der Waals surface area (Å²) in [5.74, 6) is 1.65. The van der Waals surface area contributed by atoms with Crippen LogP contribution in [0.4, 0.5) is 17.2 Å². The van der Waals surface area contributed by atoms with Crippen molar-refractivity contribution < 1.29 is 4.74 Å². The number of benzene rings is 1. The Morgan fingerprint density at radius 1 is 1.21 bits per heavy atom. The van der Waals surface area contributed by atoms with Gasteiger partial charge in [0.25, 0.3) is 0 Å². The molecule has 1 heterocycles. The van der Waals surface area contributed by atoms with Crippen LogP contribution in [-0.4, -0.2) is 12.1 Å². The normalized spacial score (nSPS) is 10.5. The molecule has 0 aliphatic heterocycles. The number of methoxy groups -OCH3 is 1. The summed E-state index contributed by atoms with van der Waals surface area (Å²) in [6.45, 7) is 4.34. The molecular weight excluding hydrogens is 238 g/mol. The molecule has 4 nitrogen and oxygen atoms in total. The Hall–Kier alpha value is -2.23. The van der Waals surface area contributed by atoms with Crippen LogP contribution in [0.5, 0.6) is 5.88 Å². The van der Waals surface area contributed by atoms with E-state index < -0.39 is 0 Å². The van der Waals surface area contributed by atoms with Gasteiger partial charge in [-0.1, -0.05) is 26.0 Å². The van der Waals surface area contributed by atoms with E-state index in [2.05, 4.69) is 36.3 Å². The Balaban J connectivity index is 2.23. The second-order valence-electron chi connectivity index (χ2n) is 4.70. The third-order valence-corrected chi connectivity index (χ3v) is 2.91. The highest BCUT2D eigenvalue weighted by molar-refractivity contribution is 5.61. The Labute approximate surface area is 113 Å². The van der Waals surface area contributed by atoms with E-state index in [9.17, 15) is 0 Å². The highest BCUT2D eigenvalue weighted by atomic mass is 16.5. The van der Waals surface area contributed by atoms with E-state index in [-0.39, 0.29) is 0 Å². The molecule has 0 saturated heterocycles. The van der Waals surface area contributed by atoms with Gasteiger partial charge in [0.2, 0.25) is 5.88 Å². The average Bonchev–Trinajstić information content (AvgIpc) is 2.41. The summed E-state index contributed by atoms with van der Waals surface area (Å²) < 4.78 is 5.11. The van der Waals surface area contributed by atoms with Crippen LogP contribution in [-0.2, 0) is 0 Å². The first-order valence-corrected chi connectivity index (χ1v) is 6.27. The van der Waals surface area contributed by atoms with Crippen molar-refractivity contribution >= 4 is 17.2 Å². The van der Waals surface area contributed by atoms with Crippen molar-refractivity contribution in [3.8, 4) is 5.88 Å². The number of nitrogens with two attached hydrogens (primary N) is 1. The number of pyridine rings is 1. The van der Waals surface area contributed by atoms with Crippen molar-refractivity contribution in [1.82, 2.24) is 4.98 Å².